The third kappa shape index (κ3) is 5.42. The van der Waals surface area contributed by atoms with E-state index in [0.29, 0.717) is 25.0 Å². The van der Waals surface area contributed by atoms with Crippen LogP contribution in [0, 0.1) is 5.41 Å². The molecule has 0 unspecified atom stereocenters. The Morgan fingerprint density at radius 1 is 1.30 bits per heavy atom. The predicted octanol–water partition coefficient (Wildman–Crippen LogP) is 2.90. The van der Waals surface area contributed by atoms with Crippen molar-refractivity contribution in [2.45, 2.75) is 33.6 Å². The van der Waals surface area contributed by atoms with Crippen molar-refractivity contribution in [1.82, 2.24) is 0 Å². The van der Waals surface area contributed by atoms with Gasteiger partial charge in [0.1, 0.15) is 0 Å². The third-order valence-corrected chi connectivity index (χ3v) is 3.06. The molecular formula is C15H20O4Zn. The molecule has 0 saturated heterocycles. The molecule has 106 valence electrons. The fourth-order valence-electron chi connectivity index (χ4n) is 1.63. The molecule has 1 rings (SSSR count). The number of carbonyl (C=O) groups is 2. The van der Waals surface area contributed by atoms with Crippen LogP contribution in [0.5, 0.6) is 0 Å². The monoisotopic (exact) mass is 328 g/mol. The number of ether oxygens (including phenoxy) is 1. The summed E-state index contributed by atoms with van der Waals surface area (Å²) in [5.74, 6) is -1.16. The number of rotatable bonds is 6. The normalized spacial score (nSPS) is 10.6. The molecule has 0 radical (unpaired) electrons. The third-order valence-electron chi connectivity index (χ3n) is 3.06. The first-order valence-corrected chi connectivity index (χ1v) is 6.36. The van der Waals surface area contributed by atoms with Gasteiger partial charge < -0.3 is 9.84 Å². The van der Waals surface area contributed by atoms with Gasteiger partial charge >= 0.3 is 11.9 Å². The van der Waals surface area contributed by atoms with Gasteiger partial charge in [0.05, 0.1) is 17.6 Å². The maximum absolute atomic E-state index is 11.6. The molecule has 0 spiro atoms. The molecule has 20 heavy (non-hydrogen) atoms. The number of carboxylic acid groups (broad SMARTS) is 1. The topological polar surface area (TPSA) is 63.6 Å². The van der Waals surface area contributed by atoms with E-state index in [4.69, 9.17) is 9.84 Å². The molecule has 0 aliphatic carbocycles. The molecule has 0 saturated carbocycles. The Morgan fingerprint density at radius 2 is 1.95 bits per heavy atom. The van der Waals surface area contributed by atoms with Crippen molar-refractivity contribution in [2.75, 3.05) is 6.61 Å². The van der Waals surface area contributed by atoms with Crippen molar-refractivity contribution in [3.63, 3.8) is 0 Å². The first-order valence-electron chi connectivity index (χ1n) is 6.36. The minimum atomic E-state index is -0.811. The maximum atomic E-state index is 11.6. The Kier molecular flexibility index (Phi) is 7.66. The van der Waals surface area contributed by atoms with E-state index in [2.05, 4.69) is 0 Å². The number of hydrogen-bond donors (Lipinski definition) is 1. The molecule has 0 aliphatic heterocycles. The summed E-state index contributed by atoms with van der Waals surface area (Å²) >= 11 is 0. The molecule has 0 atom stereocenters. The van der Waals surface area contributed by atoms with Gasteiger partial charge in [-0.3, -0.25) is 4.79 Å². The van der Waals surface area contributed by atoms with Crippen LogP contribution in [0.4, 0.5) is 0 Å². The van der Waals surface area contributed by atoms with E-state index in [1.165, 1.54) is 0 Å². The van der Waals surface area contributed by atoms with Crippen LogP contribution in [-0.2, 0) is 35.4 Å². The van der Waals surface area contributed by atoms with Gasteiger partial charge in [-0.2, -0.15) is 0 Å². The van der Waals surface area contributed by atoms with Crippen molar-refractivity contribution in [3.05, 3.63) is 35.4 Å². The number of aliphatic carboxylic acids is 1. The molecule has 1 aromatic rings. The number of carboxylic acids is 1. The minimum Gasteiger partial charge on any atom is -0.481 e. The van der Waals surface area contributed by atoms with Gasteiger partial charge in [0.15, 0.2) is 0 Å². The van der Waals surface area contributed by atoms with Crippen LogP contribution in [0.15, 0.2) is 24.3 Å². The largest absolute Gasteiger partial charge is 0.481 e. The van der Waals surface area contributed by atoms with Gasteiger partial charge in [-0.1, -0.05) is 12.1 Å². The SMILES string of the molecule is CCOC(=O)c1cccc(CCC(C)(C)C(=O)O)c1.[Zn]. The summed E-state index contributed by atoms with van der Waals surface area (Å²) in [6.07, 6.45) is 1.14. The molecule has 0 aromatic heterocycles. The van der Waals surface area contributed by atoms with Crippen molar-refractivity contribution in [1.29, 1.82) is 0 Å². The van der Waals surface area contributed by atoms with Gasteiger partial charge in [0.2, 0.25) is 0 Å². The van der Waals surface area contributed by atoms with Gasteiger partial charge in [-0.15, -0.1) is 0 Å². The van der Waals surface area contributed by atoms with Crippen LogP contribution in [-0.4, -0.2) is 23.7 Å². The molecule has 1 aromatic carbocycles. The van der Waals surface area contributed by atoms with Crippen molar-refractivity contribution < 1.29 is 38.9 Å². The Morgan fingerprint density at radius 3 is 2.50 bits per heavy atom. The zero-order valence-corrected chi connectivity index (χ0v) is 15.3. The van der Waals surface area contributed by atoms with Crippen LogP contribution < -0.4 is 0 Å². The van der Waals surface area contributed by atoms with Gasteiger partial charge in [-0.25, -0.2) is 4.79 Å². The Labute approximate surface area is 132 Å². The fourth-order valence-corrected chi connectivity index (χ4v) is 1.63. The number of carbonyl (C=O) groups excluding carboxylic acids is 1. The molecule has 0 fully saturated rings. The van der Waals surface area contributed by atoms with Gasteiger partial charge in [-0.05, 0) is 51.3 Å². The minimum absolute atomic E-state index is 0. The zero-order chi connectivity index (χ0) is 14.5. The van der Waals surface area contributed by atoms with Crippen LogP contribution in [0.2, 0.25) is 0 Å². The van der Waals surface area contributed by atoms with Crippen LogP contribution in [0.3, 0.4) is 0 Å². The molecule has 0 amide bonds. The Balaban J connectivity index is 0.00000361. The van der Waals surface area contributed by atoms with E-state index in [9.17, 15) is 9.59 Å². The first-order chi connectivity index (χ1) is 8.86. The molecule has 0 heterocycles. The van der Waals surface area contributed by atoms with Gasteiger partial charge in [0.25, 0.3) is 0 Å². The fraction of sp³-hybridized carbons (Fsp3) is 0.467. The summed E-state index contributed by atoms with van der Waals surface area (Å²) in [6, 6.07) is 7.13. The number of hydrogen-bond acceptors (Lipinski definition) is 3. The molecular weight excluding hydrogens is 310 g/mol. The number of esters is 1. The molecule has 5 heteroatoms. The Bertz CT molecular complexity index is 469. The summed E-state index contributed by atoms with van der Waals surface area (Å²) in [4.78, 5) is 22.6. The second-order valence-electron chi connectivity index (χ2n) is 5.11. The second kappa shape index (κ2) is 8.16. The number of aryl methyl sites for hydroxylation is 1. The average Bonchev–Trinajstić information content (AvgIpc) is 2.37. The summed E-state index contributed by atoms with van der Waals surface area (Å²) in [5.41, 5.74) is 0.687. The quantitative estimate of drug-likeness (QED) is 0.644. The van der Waals surface area contributed by atoms with Crippen LogP contribution in [0.1, 0.15) is 43.1 Å². The van der Waals surface area contributed by atoms with E-state index >= 15 is 0 Å². The predicted molar refractivity (Wildman–Crippen MR) is 72.1 cm³/mol. The molecule has 4 nitrogen and oxygen atoms in total. The summed E-state index contributed by atoms with van der Waals surface area (Å²) < 4.78 is 4.93. The Hall–Kier alpha value is -1.22. The first kappa shape index (κ1) is 18.8. The van der Waals surface area contributed by atoms with E-state index in [0.717, 1.165) is 5.56 Å². The second-order valence-corrected chi connectivity index (χ2v) is 5.11. The summed E-state index contributed by atoms with van der Waals surface area (Å²) in [7, 11) is 0. The smallest absolute Gasteiger partial charge is 0.338 e. The van der Waals surface area contributed by atoms with Gasteiger partial charge in [0, 0.05) is 19.5 Å². The standard InChI is InChI=1S/C15H20O4.Zn/c1-4-19-13(16)12-7-5-6-11(10-12)8-9-15(2,3)14(17)18;/h5-7,10H,4,8-9H2,1-3H3,(H,17,18);. The van der Waals surface area contributed by atoms with Crippen LogP contribution >= 0.6 is 0 Å². The average molecular weight is 330 g/mol. The zero-order valence-electron chi connectivity index (χ0n) is 12.3. The van der Waals surface area contributed by atoms with E-state index in [1.54, 1.807) is 39.0 Å². The number of benzene rings is 1. The van der Waals surface area contributed by atoms with Crippen molar-refractivity contribution in [2.24, 2.45) is 5.41 Å². The summed E-state index contributed by atoms with van der Waals surface area (Å²) in [6.45, 7) is 5.50. The molecule has 1 N–H and O–H groups in total. The van der Waals surface area contributed by atoms with Crippen LogP contribution in [0.25, 0.3) is 0 Å². The van der Waals surface area contributed by atoms with E-state index in [1.807, 2.05) is 6.07 Å². The van der Waals surface area contributed by atoms with Crippen molar-refractivity contribution >= 4 is 11.9 Å². The summed E-state index contributed by atoms with van der Waals surface area (Å²) in [5, 5.41) is 9.06. The van der Waals surface area contributed by atoms with E-state index in [-0.39, 0.29) is 25.4 Å². The molecule has 0 aliphatic rings. The van der Waals surface area contributed by atoms with Crippen molar-refractivity contribution in [3.8, 4) is 0 Å². The molecule has 0 bridgehead atoms. The van der Waals surface area contributed by atoms with E-state index < -0.39 is 11.4 Å². The maximum Gasteiger partial charge on any atom is 0.338 e.